The van der Waals surface area contributed by atoms with E-state index in [1.807, 2.05) is 0 Å². The van der Waals surface area contributed by atoms with Crippen LogP contribution < -0.4 is 5.43 Å². The van der Waals surface area contributed by atoms with Gasteiger partial charge in [0, 0.05) is 13.2 Å². The molecule has 2 aromatic heterocycles. The van der Waals surface area contributed by atoms with Crippen molar-refractivity contribution in [3.63, 3.8) is 0 Å². The standard InChI is InChI=1S/C10H10N4O2/c1-14-9(4-5-12-14)10(15)13-11-7-8-3-2-6-16-8/h2-7H,1H3,(H,13,15)/b11-7+. The maximum Gasteiger partial charge on any atom is 0.289 e. The molecule has 6 nitrogen and oxygen atoms in total. The molecular weight excluding hydrogens is 208 g/mol. The van der Waals surface area contributed by atoms with Gasteiger partial charge in [0.25, 0.3) is 5.91 Å². The lowest BCUT2D eigenvalue weighted by Crippen LogP contribution is -2.20. The molecule has 0 aliphatic rings. The number of nitrogens with zero attached hydrogens (tertiary/aromatic N) is 3. The first-order valence-corrected chi connectivity index (χ1v) is 4.62. The molecule has 2 heterocycles. The van der Waals surface area contributed by atoms with Crippen LogP contribution in [0.5, 0.6) is 0 Å². The van der Waals surface area contributed by atoms with Gasteiger partial charge in [-0.15, -0.1) is 0 Å². The summed E-state index contributed by atoms with van der Waals surface area (Å²) in [5.41, 5.74) is 2.82. The van der Waals surface area contributed by atoms with E-state index in [0.29, 0.717) is 11.5 Å². The number of aromatic nitrogens is 2. The summed E-state index contributed by atoms with van der Waals surface area (Å²) >= 11 is 0. The highest BCUT2D eigenvalue weighted by atomic mass is 16.3. The van der Waals surface area contributed by atoms with Crippen molar-refractivity contribution in [2.24, 2.45) is 12.1 Å². The fourth-order valence-electron chi connectivity index (χ4n) is 1.17. The van der Waals surface area contributed by atoms with Crippen LogP contribution in [0, 0.1) is 0 Å². The Kier molecular flexibility index (Phi) is 2.81. The van der Waals surface area contributed by atoms with Gasteiger partial charge in [-0.2, -0.15) is 10.2 Å². The van der Waals surface area contributed by atoms with Gasteiger partial charge in [0.1, 0.15) is 11.5 Å². The van der Waals surface area contributed by atoms with Gasteiger partial charge in [0.15, 0.2) is 0 Å². The zero-order valence-electron chi connectivity index (χ0n) is 8.62. The van der Waals surface area contributed by atoms with Gasteiger partial charge >= 0.3 is 0 Å². The number of aryl methyl sites for hydroxylation is 1. The molecule has 2 aromatic rings. The number of hydrazone groups is 1. The number of hydrogen-bond donors (Lipinski definition) is 1. The van der Waals surface area contributed by atoms with Gasteiger partial charge in [0.05, 0.1) is 12.5 Å². The van der Waals surface area contributed by atoms with Gasteiger partial charge in [-0.25, -0.2) is 5.43 Å². The minimum absolute atomic E-state index is 0.317. The molecule has 0 aromatic carbocycles. The monoisotopic (exact) mass is 218 g/mol. The molecule has 0 aliphatic heterocycles. The number of hydrogen-bond acceptors (Lipinski definition) is 4. The molecule has 1 N–H and O–H groups in total. The maximum absolute atomic E-state index is 11.5. The van der Waals surface area contributed by atoms with Crippen molar-refractivity contribution < 1.29 is 9.21 Å². The molecule has 0 aliphatic carbocycles. The van der Waals surface area contributed by atoms with Gasteiger partial charge in [0.2, 0.25) is 0 Å². The Morgan fingerprint density at radius 1 is 1.62 bits per heavy atom. The van der Waals surface area contributed by atoms with Crippen LogP contribution in [0.4, 0.5) is 0 Å². The molecule has 0 spiro atoms. The average Bonchev–Trinajstić information content (AvgIpc) is 2.88. The fourth-order valence-corrected chi connectivity index (χ4v) is 1.17. The maximum atomic E-state index is 11.5. The second-order valence-electron chi connectivity index (χ2n) is 3.05. The Balaban J connectivity index is 1.97. The molecule has 0 atom stereocenters. The Hall–Kier alpha value is -2.37. The first-order chi connectivity index (χ1) is 7.77. The van der Waals surface area contributed by atoms with Gasteiger partial charge in [-0.3, -0.25) is 9.48 Å². The molecular formula is C10H10N4O2. The van der Waals surface area contributed by atoms with E-state index in [-0.39, 0.29) is 5.91 Å². The predicted molar refractivity (Wildman–Crippen MR) is 57.0 cm³/mol. The van der Waals surface area contributed by atoms with Gasteiger partial charge in [-0.1, -0.05) is 0 Å². The Labute approximate surface area is 91.6 Å². The first-order valence-electron chi connectivity index (χ1n) is 4.62. The number of carbonyl (C=O) groups is 1. The quantitative estimate of drug-likeness (QED) is 0.611. The van der Waals surface area contributed by atoms with Crippen molar-refractivity contribution in [2.75, 3.05) is 0 Å². The Morgan fingerprint density at radius 2 is 2.50 bits per heavy atom. The highest BCUT2D eigenvalue weighted by Crippen LogP contribution is 1.96. The van der Waals surface area contributed by atoms with E-state index in [1.54, 1.807) is 31.4 Å². The van der Waals surface area contributed by atoms with Crippen molar-refractivity contribution in [1.82, 2.24) is 15.2 Å². The highest BCUT2D eigenvalue weighted by molar-refractivity contribution is 5.93. The predicted octanol–water partition coefficient (Wildman–Crippen LogP) is 0.777. The van der Waals surface area contributed by atoms with Crippen molar-refractivity contribution in [3.8, 4) is 0 Å². The van der Waals surface area contributed by atoms with E-state index in [1.165, 1.54) is 17.2 Å². The van der Waals surface area contributed by atoms with E-state index in [0.717, 1.165) is 0 Å². The lowest BCUT2D eigenvalue weighted by molar-refractivity contribution is 0.0945. The second kappa shape index (κ2) is 4.43. The zero-order chi connectivity index (χ0) is 11.4. The third-order valence-corrected chi connectivity index (χ3v) is 1.95. The van der Waals surface area contributed by atoms with Crippen molar-refractivity contribution in [2.45, 2.75) is 0 Å². The average molecular weight is 218 g/mol. The van der Waals surface area contributed by atoms with Gasteiger partial charge < -0.3 is 4.42 Å². The lowest BCUT2D eigenvalue weighted by atomic mass is 10.4. The molecule has 0 unspecified atom stereocenters. The minimum Gasteiger partial charge on any atom is -0.463 e. The highest BCUT2D eigenvalue weighted by Gasteiger charge is 2.07. The number of carbonyl (C=O) groups excluding carboxylic acids is 1. The summed E-state index contributed by atoms with van der Waals surface area (Å²) in [5.74, 6) is 0.258. The molecule has 82 valence electrons. The van der Waals surface area contributed by atoms with Crippen LogP contribution in [0.25, 0.3) is 0 Å². The van der Waals surface area contributed by atoms with E-state index < -0.39 is 0 Å². The number of nitrogens with one attached hydrogen (secondary N) is 1. The van der Waals surface area contributed by atoms with Crippen molar-refractivity contribution in [1.29, 1.82) is 0 Å². The summed E-state index contributed by atoms with van der Waals surface area (Å²) in [4.78, 5) is 11.5. The van der Waals surface area contributed by atoms with Crippen molar-refractivity contribution >= 4 is 12.1 Å². The van der Waals surface area contributed by atoms with Crippen LogP contribution in [0.3, 0.4) is 0 Å². The van der Waals surface area contributed by atoms with Crippen LogP contribution in [0.15, 0.2) is 40.2 Å². The Bertz CT molecular complexity index is 499. The van der Waals surface area contributed by atoms with E-state index >= 15 is 0 Å². The fraction of sp³-hybridized carbons (Fsp3) is 0.100. The molecule has 6 heteroatoms. The minimum atomic E-state index is -0.317. The number of rotatable bonds is 3. The third-order valence-electron chi connectivity index (χ3n) is 1.95. The molecule has 0 bridgehead atoms. The number of furan rings is 1. The second-order valence-corrected chi connectivity index (χ2v) is 3.05. The molecule has 1 amide bonds. The smallest absolute Gasteiger partial charge is 0.289 e. The normalized spacial score (nSPS) is 10.8. The summed E-state index contributed by atoms with van der Waals surface area (Å²) in [7, 11) is 1.69. The largest absolute Gasteiger partial charge is 0.463 e. The van der Waals surface area contributed by atoms with Crippen LogP contribution in [0.1, 0.15) is 16.2 Å². The summed E-state index contributed by atoms with van der Waals surface area (Å²) < 4.78 is 6.48. The lowest BCUT2D eigenvalue weighted by Gasteiger charge is -1.98. The van der Waals surface area contributed by atoms with Crippen molar-refractivity contribution in [3.05, 3.63) is 42.1 Å². The summed E-state index contributed by atoms with van der Waals surface area (Å²) in [6.45, 7) is 0. The van der Waals surface area contributed by atoms with Gasteiger partial charge in [-0.05, 0) is 18.2 Å². The molecule has 0 radical (unpaired) electrons. The third kappa shape index (κ3) is 2.17. The molecule has 0 fully saturated rings. The zero-order valence-corrected chi connectivity index (χ0v) is 8.62. The van der Waals surface area contributed by atoms with E-state index in [2.05, 4.69) is 15.6 Å². The number of amides is 1. The van der Waals surface area contributed by atoms with Crippen LogP contribution in [-0.2, 0) is 7.05 Å². The first kappa shape index (κ1) is 10.2. The molecule has 16 heavy (non-hydrogen) atoms. The Morgan fingerprint density at radius 3 is 3.12 bits per heavy atom. The topological polar surface area (TPSA) is 72.4 Å². The summed E-state index contributed by atoms with van der Waals surface area (Å²) in [5, 5.41) is 7.63. The van der Waals surface area contributed by atoms with E-state index in [9.17, 15) is 4.79 Å². The van der Waals surface area contributed by atoms with E-state index in [4.69, 9.17) is 4.42 Å². The summed E-state index contributed by atoms with van der Waals surface area (Å²) in [6.07, 6.45) is 4.50. The molecule has 0 saturated heterocycles. The SMILES string of the molecule is Cn1nccc1C(=O)N/N=C/c1ccco1. The van der Waals surface area contributed by atoms with Crippen LogP contribution in [-0.4, -0.2) is 21.9 Å². The molecule has 2 rings (SSSR count). The van der Waals surface area contributed by atoms with Crippen LogP contribution in [0.2, 0.25) is 0 Å². The van der Waals surface area contributed by atoms with Crippen LogP contribution >= 0.6 is 0 Å². The molecule has 0 saturated carbocycles. The summed E-state index contributed by atoms with van der Waals surface area (Å²) in [6, 6.07) is 5.09.